The van der Waals surface area contributed by atoms with Crippen LogP contribution in [0.25, 0.3) is 10.8 Å². The highest BCUT2D eigenvalue weighted by Gasteiger charge is 2.29. The van der Waals surface area contributed by atoms with Gasteiger partial charge in [0.15, 0.2) is 5.78 Å². The Kier molecular flexibility index (Phi) is 5.59. The fraction of sp³-hybridized carbons (Fsp3) is 0.364. The number of methoxy groups -OCH3 is 1. The minimum Gasteiger partial charge on any atom is -0.496 e. The monoisotopic (exact) mass is 396 g/mol. The Bertz CT molecular complexity index is 949. The van der Waals surface area contributed by atoms with Crippen LogP contribution < -0.4 is 4.74 Å². The van der Waals surface area contributed by atoms with Gasteiger partial charge < -0.3 is 9.15 Å². The number of benzene rings is 1. The number of ketones is 1. The van der Waals surface area contributed by atoms with Gasteiger partial charge >= 0.3 is 0 Å². The molecule has 3 heterocycles. The summed E-state index contributed by atoms with van der Waals surface area (Å²) in [7, 11) is 1.61. The SMILES string of the molecule is COc1ccccc1C(=O)C1CCCN(Cc2nc(-c3cccs3)oc2C)C1. The summed E-state index contributed by atoms with van der Waals surface area (Å²) in [6.07, 6.45) is 1.91. The normalized spacial score (nSPS) is 17.6. The zero-order chi connectivity index (χ0) is 19.5. The minimum atomic E-state index is -0.0194. The topological polar surface area (TPSA) is 55.6 Å². The first-order valence-corrected chi connectivity index (χ1v) is 10.4. The van der Waals surface area contributed by atoms with E-state index < -0.39 is 0 Å². The molecule has 6 heteroatoms. The van der Waals surface area contributed by atoms with Crippen LogP contribution in [0.15, 0.2) is 46.2 Å². The van der Waals surface area contributed by atoms with Gasteiger partial charge in [-0.1, -0.05) is 18.2 Å². The molecule has 5 nitrogen and oxygen atoms in total. The molecule has 1 aliphatic heterocycles. The first-order chi connectivity index (χ1) is 13.7. The fourth-order valence-corrected chi connectivity index (χ4v) is 4.42. The number of para-hydroxylation sites is 1. The minimum absolute atomic E-state index is 0.0194. The van der Waals surface area contributed by atoms with Crippen molar-refractivity contribution in [2.75, 3.05) is 20.2 Å². The van der Waals surface area contributed by atoms with Gasteiger partial charge in [0, 0.05) is 19.0 Å². The second-order valence-corrected chi connectivity index (χ2v) is 8.09. The molecule has 0 saturated carbocycles. The third-order valence-electron chi connectivity index (χ3n) is 5.25. The number of thiophene rings is 1. The summed E-state index contributed by atoms with van der Waals surface area (Å²) in [4.78, 5) is 21.1. The number of piperidine rings is 1. The summed E-state index contributed by atoms with van der Waals surface area (Å²) in [5.74, 6) is 2.33. The lowest BCUT2D eigenvalue weighted by atomic mass is 9.89. The summed E-state index contributed by atoms with van der Waals surface area (Å²) in [6.45, 7) is 4.37. The molecule has 1 unspecified atom stereocenters. The van der Waals surface area contributed by atoms with Gasteiger partial charge in [-0.15, -0.1) is 11.3 Å². The number of likely N-dealkylation sites (tertiary alicyclic amines) is 1. The molecule has 1 atom stereocenters. The van der Waals surface area contributed by atoms with Gasteiger partial charge in [0.2, 0.25) is 5.89 Å². The summed E-state index contributed by atoms with van der Waals surface area (Å²) in [5, 5.41) is 2.02. The van der Waals surface area contributed by atoms with E-state index >= 15 is 0 Å². The second kappa shape index (κ2) is 8.29. The lowest BCUT2D eigenvalue weighted by Gasteiger charge is -2.31. The van der Waals surface area contributed by atoms with E-state index in [0.29, 0.717) is 23.7 Å². The summed E-state index contributed by atoms with van der Waals surface area (Å²) >= 11 is 1.62. The number of carbonyl (C=O) groups is 1. The summed E-state index contributed by atoms with van der Waals surface area (Å²) in [5.41, 5.74) is 1.63. The van der Waals surface area contributed by atoms with E-state index in [4.69, 9.17) is 14.1 Å². The van der Waals surface area contributed by atoms with E-state index in [0.717, 1.165) is 42.3 Å². The molecule has 146 valence electrons. The molecule has 0 radical (unpaired) electrons. The highest BCUT2D eigenvalue weighted by Crippen LogP contribution is 2.29. The van der Waals surface area contributed by atoms with Crippen LogP contribution in [0.4, 0.5) is 0 Å². The predicted octanol–water partition coefficient (Wildman–Crippen LogP) is 4.82. The van der Waals surface area contributed by atoms with Crippen LogP contribution in [-0.4, -0.2) is 35.9 Å². The van der Waals surface area contributed by atoms with Crippen LogP contribution in [0.5, 0.6) is 5.75 Å². The Morgan fingerprint density at radius 1 is 1.32 bits per heavy atom. The number of aryl methyl sites for hydroxylation is 1. The molecule has 1 fully saturated rings. The Hall–Kier alpha value is -2.44. The van der Waals surface area contributed by atoms with Crippen molar-refractivity contribution in [2.45, 2.75) is 26.3 Å². The largest absolute Gasteiger partial charge is 0.496 e. The van der Waals surface area contributed by atoms with Gasteiger partial charge in [-0.05, 0) is 49.9 Å². The number of hydrogen-bond acceptors (Lipinski definition) is 6. The maximum absolute atomic E-state index is 13.1. The lowest BCUT2D eigenvalue weighted by Crippen LogP contribution is -2.38. The maximum Gasteiger partial charge on any atom is 0.236 e. The maximum atomic E-state index is 13.1. The molecule has 28 heavy (non-hydrogen) atoms. The third kappa shape index (κ3) is 3.88. The molecule has 0 N–H and O–H groups in total. The van der Waals surface area contributed by atoms with Gasteiger partial charge in [-0.3, -0.25) is 9.69 Å². The molecule has 0 spiro atoms. The smallest absolute Gasteiger partial charge is 0.236 e. The Morgan fingerprint density at radius 3 is 2.96 bits per heavy atom. The Morgan fingerprint density at radius 2 is 2.18 bits per heavy atom. The average Bonchev–Trinajstić information content (AvgIpc) is 3.38. The highest BCUT2D eigenvalue weighted by molar-refractivity contribution is 7.13. The highest BCUT2D eigenvalue weighted by atomic mass is 32.1. The van der Waals surface area contributed by atoms with Gasteiger partial charge in [-0.25, -0.2) is 4.98 Å². The first kappa shape index (κ1) is 18.9. The van der Waals surface area contributed by atoms with Gasteiger partial charge in [0.25, 0.3) is 0 Å². The van der Waals surface area contributed by atoms with Crippen LogP contribution in [0.3, 0.4) is 0 Å². The molecule has 4 rings (SSSR count). The molecule has 2 aromatic heterocycles. The van der Waals surface area contributed by atoms with Crippen LogP contribution >= 0.6 is 11.3 Å². The van der Waals surface area contributed by atoms with Crippen molar-refractivity contribution in [3.8, 4) is 16.5 Å². The number of aromatic nitrogens is 1. The van der Waals surface area contributed by atoms with Crippen LogP contribution in [0, 0.1) is 12.8 Å². The molecular weight excluding hydrogens is 372 g/mol. The number of oxazole rings is 1. The zero-order valence-corrected chi connectivity index (χ0v) is 17.0. The van der Waals surface area contributed by atoms with E-state index in [1.54, 1.807) is 18.4 Å². The quantitative estimate of drug-likeness (QED) is 0.560. The zero-order valence-electron chi connectivity index (χ0n) is 16.2. The summed E-state index contributed by atoms with van der Waals surface area (Å²) in [6, 6.07) is 11.5. The number of ether oxygens (including phenoxy) is 1. The molecule has 1 aromatic carbocycles. The van der Waals surface area contributed by atoms with Crippen molar-refractivity contribution >= 4 is 17.1 Å². The van der Waals surface area contributed by atoms with Crippen molar-refractivity contribution in [1.82, 2.24) is 9.88 Å². The van der Waals surface area contributed by atoms with Crippen LogP contribution in [0.1, 0.15) is 34.7 Å². The van der Waals surface area contributed by atoms with Crippen molar-refractivity contribution in [1.29, 1.82) is 0 Å². The van der Waals surface area contributed by atoms with Crippen molar-refractivity contribution in [2.24, 2.45) is 5.92 Å². The molecular formula is C22H24N2O3S. The van der Waals surface area contributed by atoms with E-state index in [1.165, 1.54) is 0 Å². The lowest BCUT2D eigenvalue weighted by molar-refractivity contribution is 0.0807. The number of carbonyl (C=O) groups excluding carboxylic acids is 1. The van der Waals surface area contributed by atoms with Crippen molar-refractivity contribution in [3.63, 3.8) is 0 Å². The van der Waals surface area contributed by atoms with Crippen LogP contribution in [0.2, 0.25) is 0 Å². The van der Waals surface area contributed by atoms with Gasteiger partial charge in [-0.2, -0.15) is 0 Å². The molecule has 0 aliphatic carbocycles. The molecule has 0 amide bonds. The van der Waals surface area contributed by atoms with Gasteiger partial charge in [0.1, 0.15) is 11.5 Å². The van der Waals surface area contributed by atoms with Crippen molar-refractivity contribution < 1.29 is 13.9 Å². The fourth-order valence-electron chi connectivity index (χ4n) is 3.77. The predicted molar refractivity (Wildman–Crippen MR) is 110 cm³/mol. The standard InChI is InChI=1S/C22H24N2O3S/c1-15-18(23-22(27-15)20-10-6-12-28-20)14-24-11-5-7-16(13-24)21(25)17-8-3-4-9-19(17)26-2/h3-4,6,8-10,12,16H,5,7,11,13-14H2,1-2H3. The summed E-state index contributed by atoms with van der Waals surface area (Å²) < 4.78 is 11.2. The number of rotatable bonds is 6. The number of hydrogen-bond donors (Lipinski definition) is 0. The first-order valence-electron chi connectivity index (χ1n) is 9.55. The average molecular weight is 397 g/mol. The van der Waals surface area contributed by atoms with Crippen LogP contribution in [-0.2, 0) is 6.54 Å². The molecule has 1 saturated heterocycles. The van der Waals surface area contributed by atoms with E-state index in [9.17, 15) is 4.79 Å². The van der Waals surface area contributed by atoms with Crippen molar-refractivity contribution in [3.05, 3.63) is 58.8 Å². The van der Waals surface area contributed by atoms with Gasteiger partial charge in [0.05, 0.1) is 23.2 Å². The molecule has 0 bridgehead atoms. The Balaban J connectivity index is 1.46. The van der Waals surface area contributed by atoms with E-state index in [1.807, 2.05) is 48.7 Å². The third-order valence-corrected chi connectivity index (χ3v) is 6.10. The molecule has 1 aliphatic rings. The Labute approximate surface area is 169 Å². The van der Waals surface area contributed by atoms with E-state index in [-0.39, 0.29) is 11.7 Å². The molecule has 3 aromatic rings. The number of Topliss-reactive ketones (excluding diaryl/α,β-unsaturated/α-hetero) is 1. The second-order valence-electron chi connectivity index (χ2n) is 7.14. The van der Waals surface area contributed by atoms with E-state index in [2.05, 4.69) is 4.90 Å². The number of nitrogens with zero attached hydrogens (tertiary/aromatic N) is 2.